The highest BCUT2D eigenvalue weighted by atomic mass is 16.2. The maximum atomic E-state index is 12.8. The van der Waals surface area contributed by atoms with Crippen LogP contribution < -0.4 is 4.90 Å². The largest absolute Gasteiger partial charge is 0.339 e. The Bertz CT molecular complexity index is 813. The summed E-state index contributed by atoms with van der Waals surface area (Å²) in [6.07, 6.45) is 4.68. The van der Waals surface area contributed by atoms with E-state index >= 15 is 0 Å². The molecule has 0 aromatic heterocycles. The van der Waals surface area contributed by atoms with Gasteiger partial charge < -0.3 is 9.80 Å². The van der Waals surface area contributed by atoms with Crippen LogP contribution in [-0.2, 0) is 9.59 Å². The molecule has 0 N–H and O–H groups in total. The molecular formula is C24H29N3O2. The number of anilines is 1. The van der Waals surface area contributed by atoms with Crippen molar-refractivity contribution in [1.29, 1.82) is 0 Å². The number of amides is 2. The zero-order valence-electron chi connectivity index (χ0n) is 17.0. The Hall–Kier alpha value is -2.92. The van der Waals surface area contributed by atoms with Crippen LogP contribution in [0.4, 0.5) is 5.69 Å². The number of carbonyl (C=O) groups excluding carboxylic acids is 2. The number of hydrogen-bond donors (Lipinski definition) is 0. The number of rotatable bonds is 7. The van der Waals surface area contributed by atoms with Crippen LogP contribution in [-0.4, -0.2) is 60.9 Å². The van der Waals surface area contributed by atoms with Crippen LogP contribution >= 0.6 is 0 Å². The van der Waals surface area contributed by atoms with E-state index in [0.717, 1.165) is 25.3 Å². The smallest absolute Gasteiger partial charge is 0.242 e. The first-order valence-electron chi connectivity index (χ1n) is 10.2. The van der Waals surface area contributed by atoms with Crippen LogP contribution in [0.2, 0.25) is 0 Å². The fraction of sp³-hybridized carbons (Fsp3) is 0.333. The first-order valence-corrected chi connectivity index (χ1v) is 10.2. The Morgan fingerprint density at radius 3 is 2.17 bits per heavy atom. The van der Waals surface area contributed by atoms with Gasteiger partial charge in [-0.05, 0) is 17.7 Å². The van der Waals surface area contributed by atoms with Gasteiger partial charge in [-0.15, -0.1) is 0 Å². The lowest BCUT2D eigenvalue weighted by Gasteiger charge is -2.35. The maximum Gasteiger partial charge on any atom is 0.242 e. The molecule has 1 saturated heterocycles. The minimum atomic E-state index is -0.0331. The van der Waals surface area contributed by atoms with Crippen molar-refractivity contribution in [1.82, 2.24) is 9.80 Å². The quantitative estimate of drug-likeness (QED) is 0.728. The second-order valence-electron chi connectivity index (χ2n) is 7.16. The standard InChI is InChI=1S/C24H29N3O2/c1-2-23(28)27(22-13-7-4-8-14-22)20-24(29)26-18-16-25(17-19-26)15-9-12-21-10-5-3-6-11-21/h3-14H,2,15-20H2,1H3/b12-9+. The fourth-order valence-corrected chi connectivity index (χ4v) is 3.44. The number of benzene rings is 2. The van der Waals surface area contributed by atoms with Crippen molar-refractivity contribution >= 4 is 23.6 Å². The number of carbonyl (C=O) groups is 2. The molecule has 0 radical (unpaired) electrons. The molecule has 0 unspecified atom stereocenters. The highest BCUT2D eigenvalue weighted by Crippen LogP contribution is 2.15. The summed E-state index contributed by atoms with van der Waals surface area (Å²) in [4.78, 5) is 31.0. The Morgan fingerprint density at radius 1 is 0.931 bits per heavy atom. The van der Waals surface area contributed by atoms with Gasteiger partial charge in [-0.3, -0.25) is 14.5 Å². The van der Waals surface area contributed by atoms with E-state index in [0.29, 0.717) is 19.5 Å². The van der Waals surface area contributed by atoms with Crippen molar-refractivity contribution in [2.75, 3.05) is 44.2 Å². The minimum absolute atomic E-state index is 0.00938. The third-order valence-electron chi connectivity index (χ3n) is 5.16. The van der Waals surface area contributed by atoms with Crippen LogP contribution in [0.5, 0.6) is 0 Å². The van der Waals surface area contributed by atoms with Gasteiger partial charge in [0.2, 0.25) is 11.8 Å². The summed E-state index contributed by atoms with van der Waals surface area (Å²) < 4.78 is 0. The third kappa shape index (κ3) is 6.03. The summed E-state index contributed by atoms with van der Waals surface area (Å²) in [5, 5.41) is 0. The molecule has 0 aliphatic carbocycles. The van der Waals surface area contributed by atoms with Crippen LogP contribution in [0.1, 0.15) is 18.9 Å². The van der Waals surface area contributed by atoms with E-state index in [4.69, 9.17) is 0 Å². The molecule has 2 aromatic carbocycles. The second-order valence-corrected chi connectivity index (χ2v) is 7.16. The molecule has 152 valence electrons. The molecule has 1 aliphatic heterocycles. The molecule has 29 heavy (non-hydrogen) atoms. The predicted molar refractivity (Wildman–Crippen MR) is 118 cm³/mol. The molecule has 0 atom stereocenters. The topological polar surface area (TPSA) is 43.9 Å². The predicted octanol–water partition coefficient (Wildman–Crippen LogP) is 3.29. The van der Waals surface area contributed by atoms with Crippen molar-refractivity contribution in [2.24, 2.45) is 0 Å². The first kappa shape index (κ1) is 20.8. The van der Waals surface area contributed by atoms with Gasteiger partial charge in [-0.25, -0.2) is 0 Å². The van der Waals surface area contributed by atoms with Crippen LogP contribution in [0.3, 0.4) is 0 Å². The Kier molecular flexibility index (Phi) is 7.59. The zero-order chi connectivity index (χ0) is 20.5. The van der Waals surface area contributed by atoms with Gasteiger partial charge in [0.05, 0.1) is 0 Å². The van der Waals surface area contributed by atoms with Gasteiger partial charge in [0.15, 0.2) is 0 Å². The molecule has 1 aliphatic rings. The average molecular weight is 392 g/mol. The maximum absolute atomic E-state index is 12.8. The monoisotopic (exact) mass is 391 g/mol. The third-order valence-corrected chi connectivity index (χ3v) is 5.16. The van der Waals surface area contributed by atoms with Gasteiger partial charge in [0.25, 0.3) is 0 Å². The first-order chi connectivity index (χ1) is 14.2. The summed E-state index contributed by atoms with van der Waals surface area (Å²) in [5.74, 6) is -0.0237. The van der Waals surface area contributed by atoms with Crippen molar-refractivity contribution in [3.63, 3.8) is 0 Å². The lowest BCUT2D eigenvalue weighted by atomic mass is 10.2. The zero-order valence-corrected chi connectivity index (χ0v) is 17.0. The molecule has 1 heterocycles. The van der Waals surface area contributed by atoms with Crippen LogP contribution in [0.15, 0.2) is 66.7 Å². The van der Waals surface area contributed by atoms with Gasteiger partial charge >= 0.3 is 0 Å². The number of para-hydroxylation sites is 1. The van der Waals surface area contributed by atoms with Crippen molar-refractivity contribution in [2.45, 2.75) is 13.3 Å². The normalized spacial score (nSPS) is 14.9. The molecule has 1 fully saturated rings. The molecule has 0 bridgehead atoms. The molecule has 0 spiro atoms. The molecule has 3 rings (SSSR count). The Labute approximate surface area is 173 Å². The summed E-state index contributed by atoms with van der Waals surface area (Å²) in [7, 11) is 0. The van der Waals surface area contributed by atoms with E-state index in [1.807, 2.05) is 60.4 Å². The summed E-state index contributed by atoms with van der Waals surface area (Å²) in [6.45, 7) is 5.88. The Morgan fingerprint density at radius 2 is 1.55 bits per heavy atom. The van der Waals surface area contributed by atoms with E-state index in [1.54, 1.807) is 4.90 Å². The average Bonchev–Trinajstić information content (AvgIpc) is 2.78. The van der Waals surface area contributed by atoms with Gasteiger partial charge in [0, 0.05) is 44.8 Å². The fourth-order valence-electron chi connectivity index (χ4n) is 3.44. The molecular weight excluding hydrogens is 362 g/mol. The van der Waals surface area contributed by atoms with Crippen molar-refractivity contribution in [3.8, 4) is 0 Å². The minimum Gasteiger partial charge on any atom is -0.339 e. The summed E-state index contributed by atoms with van der Waals surface area (Å²) in [6, 6.07) is 19.7. The molecule has 2 aromatic rings. The summed E-state index contributed by atoms with van der Waals surface area (Å²) >= 11 is 0. The SMILES string of the molecule is CCC(=O)N(CC(=O)N1CCN(C/C=C/c2ccccc2)CC1)c1ccccc1. The van der Waals surface area contributed by atoms with E-state index in [2.05, 4.69) is 29.2 Å². The second kappa shape index (κ2) is 10.6. The number of piperazine rings is 1. The van der Waals surface area contributed by atoms with Gasteiger partial charge in [-0.2, -0.15) is 0 Å². The number of hydrogen-bond acceptors (Lipinski definition) is 3. The van der Waals surface area contributed by atoms with E-state index < -0.39 is 0 Å². The van der Waals surface area contributed by atoms with Crippen molar-refractivity contribution < 1.29 is 9.59 Å². The highest BCUT2D eigenvalue weighted by Gasteiger charge is 2.24. The lowest BCUT2D eigenvalue weighted by molar-refractivity contribution is -0.132. The molecule has 0 saturated carbocycles. The number of nitrogens with zero attached hydrogens (tertiary/aromatic N) is 3. The van der Waals surface area contributed by atoms with Crippen molar-refractivity contribution in [3.05, 3.63) is 72.3 Å². The van der Waals surface area contributed by atoms with Crippen LogP contribution in [0, 0.1) is 0 Å². The summed E-state index contributed by atoms with van der Waals surface area (Å²) in [5.41, 5.74) is 1.97. The van der Waals surface area contributed by atoms with E-state index in [1.165, 1.54) is 5.56 Å². The highest BCUT2D eigenvalue weighted by molar-refractivity contribution is 5.98. The van der Waals surface area contributed by atoms with Gasteiger partial charge in [-0.1, -0.05) is 67.6 Å². The molecule has 5 heteroatoms. The molecule has 2 amide bonds. The molecule has 5 nitrogen and oxygen atoms in total. The Balaban J connectivity index is 1.50. The van der Waals surface area contributed by atoms with Crippen LogP contribution in [0.25, 0.3) is 6.08 Å². The van der Waals surface area contributed by atoms with E-state index in [9.17, 15) is 9.59 Å². The van der Waals surface area contributed by atoms with Gasteiger partial charge in [0.1, 0.15) is 6.54 Å². The van der Waals surface area contributed by atoms with E-state index in [-0.39, 0.29) is 18.4 Å². The lowest BCUT2D eigenvalue weighted by Crippen LogP contribution is -2.51.